The van der Waals surface area contributed by atoms with E-state index in [4.69, 9.17) is 9.72 Å². The molecule has 0 bridgehead atoms. The highest BCUT2D eigenvalue weighted by atomic mass is 32.2. The van der Waals surface area contributed by atoms with Crippen molar-refractivity contribution >= 4 is 32.8 Å². The predicted molar refractivity (Wildman–Crippen MR) is 160 cm³/mol. The number of rotatable bonds is 10. The summed E-state index contributed by atoms with van der Waals surface area (Å²) >= 11 is 0. The van der Waals surface area contributed by atoms with Crippen LogP contribution in [0.2, 0.25) is 0 Å². The van der Waals surface area contributed by atoms with Gasteiger partial charge in [0.2, 0.25) is 5.95 Å². The molecule has 1 fully saturated rings. The number of carbonyl (C=O) groups is 1. The summed E-state index contributed by atoms with van der Waals surface area (Å²) in [6.07, 6.45) is 0.0587. The number of alkyl halides is 3. The van der Waals surface area contributed by atoms with Gasteiger partial charge in [0.15, 0.2) is 9.84 Å². The summed E-state index contributed by atoms with van der Waals surface area (Å²) in [7, 11) is -4.15. The first-order valence-electron chi connectivity index (χ1n) is 14.7. The van der Waals surface area contributed by atoms with Crippen molar-refractivity contribution in [2.24, 2.45) is 5.92 Å². The molecular weight excluding hydrogens is 600 g/mol. The number of hydrogen-bond acceptors (Lipinski definition) is 8. The quantitative estimate of drug-likeness (QED) is 0.187. The number of nitrogens with one attached hydrogen (secondary N) is 1. The number of nitrogens with zero attached hydrogens (tertiary/aromatic N) is 3. The molecular formula is C31H38F4N4O4S. The normalized spacial score (nSPS) is 17.9. The highest BCUT2D eigenvalue weighted by Gasteiger charge is 2.30. The zero-order valence-corrected chi connectivity index (χ0v) is 26.1. The molecule has 0 aliphatic heterocycles. The van der Waals surface area contributed by atoms with Crippen LogP contribution in [0.5, 0.6) is 0 Å². The topological polar surface area (TPSA) is 111 Å². The highest BCUT2D eigenvalue weighted by molar-refractivity contribution is 7.90. The van der Waals surface area contributed by atoms with Gasteiger partial charge in [-0.25, -0.2) is 27.8 Å². The van der Waals surface area contributed by atoms with Crippen molar-refractivity contribution in [1.82, 2.24) is 15.0 Å². The molecule has 4 rings (SSSR count). The first-order valence-corrected chi connectivity index (χ1v) is 16.5. The van der Waals surface area contributed by atoms with Crippen molar-refractivity contribution < 1.29 is 35.5 Å². The molecule has 1 aliphatic carbocycles. The Balaban J connectivity index is 1.43. The second-order valence-electron chi connectivity index (χ2n) is 12.4. The lowest BCUT2D eigenvalue weighted by molar-refractivity contribution is -0.156. The maximum atomic E-state index is 14.9. The summed E-state index contributed by atoms with van der Waals surface area (Å²) in [5, 5.41) is 3.40. The van der Waals surface area contributed by atoms with Crippen molar-refractivity contribution in [2.75, 3.05) is 11.1 Å². The van der Waals surface area contributed by atoms with Crippen molar-refractivity contribution in [3.8, 4) is 11.3 Å². The van der Waals surface area contributed by atoms with Crippen LogP contribution < -0.4 is 5.32 Å². The Kier molecular flexibility index (Phi) is 10.2. The number of aryl methyl sites for hydroxylation is 1. The van der Waals surface area contributed by atoms with E-state index in [0.29, 0.717) is 41.1 Å². The van der Waals surface area contributed by atoms with Crippen molar-refractivity contribution in [3.63, 3.8) is 0 Å². The minimum Gasteiger partial charge on any atom is -0.460 e. The average molecular weight is 639 g/mol. The van der Waals surface area contributed by atoms with Crippen LogP contribution in [0.15, 0.2) is 30.5 Å². The number of anilines is 1. The van der Waals surface area contributed by atoms with E-state index in [2.05, 4.69) is 15.3 Å². The lowest BCUT2D eigenvalue weighted by Crippen LogP contribution is -2.30. The van der Waals surface area contributed by atoms with Crippen LogP contribution in [-0.4, -0.2) is 52.9 Å². The second-order valence-corrected chi connectivity index (χ2v) is 14.5. The van der Waals surface area contributed by atoms with Crippen LogP contribution in [0.25, 0.3) is 22.3 Å². The number of carbonyl (C=O) groups excluding carboxylic acids is 1. The van der Waals surface area contributed by atoms with E-state index in [9.17, 15) is 30.8 Å². The standard InChI is InChI=1S/C31H38F4N4O4S/c1-5-20-16-25(21-8-9-22(24(32)15-21)18-44(41,42)13-12-31(33,34)35)38-26-17-36-29(39-28(20)26)37-23-10-6-19(7-11-23)14-27(40)43-30(2,3)4/h8-9,15-17,19,23H,5-7,10-14,18H2,1-4H3,(H,36,37,39). The van der Waals surface area contributed by atoms with E-state index < -0.39 is 45.4 Å². The van der Waals surface area contributed by atoms with Gasteiger partial charge < -0.3 is 10.1 Å². The van der Waals surface area contributed by atoms with Crippen molar-refractivity contribution in [3.05, 3.63) is 47.4 Å². The molecule has 0 unspecified atom stereocenters. The van der Waals surface area contributed by atoms with Gasteiger partial charge in [0.05, 0.1) is 35.3 Å². The van der Waals surface area contributed by atoms with Gasteiger partial charge in [-0.3, -0.25) is 4.79 Å². The Labute approximate surface area is 255 Å². The van der Waals surface area contributed by atoms with Gasteiger partial charge >= 0.3 is 12.1 Å². The molecule has 3 aromatic rings. The highest BCUT2D eigenvalue weighted by Crippen LogP contribution is 2.31. The molecule has 13 heteroatoms. The fourth-order valence-electron chi connectivity index (χ4n) is 5.29. The third-order valence-electron chi connectivity index (χ3n) is 7.48. The van der Waals surface area contributed by atoms with E-state index in [-0.39, 0.29) is 23.5 Å². The maximum Gasteiger partial charge on any atom is 0.390 e. The first kappa shape index (κ1) is 33.5. The molecule has 0 saturated heterocycles. The third kappa shape index (κ3) is 9.57. The SMILES string of the molecule is CCc1cc(-c2ccc(CS(=O)(=O)CCC(F)(F)F)c(F)c2)nc2cnc(NC3CCC(CC(=O)OC(C)(C)C)CC3)nc12. The Bertz CT molecular complexity index is 1600. The van der Waals surface area contributed by atoms with Gasteiger partial charge in [0.25, 0.3) is 0 Å². The summed E-state index contributed by atoms with van der Waals surface area (Å²) in [5.74, 6) is -2.18. The number of pyridine rings is 1. The Morgan fingerprint density at radius 1 is 1.05 bits per heavy atom. The summed E-state index contributed by atoms with van der Waals surface area (Å²) in [5.41, 5.74) is 2.15. The molecule has 0 amide bonds. The van der Waals surface area contributed by atoms with Crippen LogP contribution in [0, 0.1) is 11.7 Å². The van der Waals surface area contributed by atoms with Gasteiger partial charge in [-0.15, -0.1) is 0 Å². The van der Waals surface area contributed by atoms with Crippen LogP contribution in [0.4, 0.5) is 23.5 Å². The van der Waals surface area contributed by atoms with Crippen LogP contribution in [0.3, 0.4) is 0 Å². The molecule has 0 spiro atoms. The minimum absolute atomic E-state index is 0.165. The molecule has 1 saturated carbocycles. The predicted octanol–water partition coefficient (Wildman–Crippen LogP) is 6.96. The Hall–Kier alpha value is -3.35. The maximum absolute atomic E-state index is 14.9. The number of fused-ring (bicyclic) bond motifs is 1. The minimum atomic E-state index is -4.61. The Morgan fingerprint density at radius 2 is 1.75 bits per heavy atom. The molecule has 0 radical (unpaired) electrons. The fraction of sp³-hybridized carbons (Fsp3) is 0.548. The molecule has 1 aliphatic rings. The van der Waals surface area contributed by atoms with Crippen LogP contribution in [0.1, 0.15) is 77.3 Å². The third-order valence-corrected chi connectivity index (χ3v) is 9.06. The summed E-state index contributed by atoms with van der Waals surface area (Å²) in [4.78, 5) is 25.9. The summed E-state index contributed by atoms with van der Waals surface area (Å²) in [6.45, 7) is 7.54. The van der Waals surface area contributed by atoms with Gasteiger partial charge in [0.1, 0.15) is 16.9 Å². The zero-order valence-electron chi connectivity index (χ0n) is 25.3. The van der Waals surface area contributed by atoms with E-state index in [0.717, 1.165) is 37.3 Å². The smallest absolute Gasteiger partial charge is 0.390 e. The lowest BCUT2D eigenvalue weighted by Gasteiger charge is -2.29. The molecule has 240 valence electrons. The fourth-order valence-corrected chi connectivity index (χ4v) is 6.69. The molecule has 0 atom stereocenters. The largest absolute Gasteiger partial charge is 0.460 e. The number of ether oxygens (including phenoxy) is 1. The molecule has 2 aromatic heterocycles. The molecule has 8 nitrogen and oxygen atoms in total. The molecule has 1 aromatic carbocycles. The number of halogens is 4. The van der Waals surface area contributed by atoms with Gasteiger partial charge in [-0.1, -0.05) is 19.1 Å². The van der Waals surface area contributed by atoms with E-state index >= 15 is 0 Å². The summed E-state index contributed by atoms with van der Waals surface area (Å²) in [6, 6.07) is 5.85. The number of hydrogen-bond donors (Lipinski definition) is 1. The first-order chi connectivity index (χ1) is 20.5. The monoisotopic (exact) mass is 638 g/mol. The van der Waals surface area contributed by atoms with E-state index in [1.807, 2.05) is 27.7 Å². The number of esters is 1. The number of sulfone groups is 1. The number of benzene rings is 1. The lowest BCUT2D eigenvalue weighted by atomic mass is 9.84. The Morgan fingerprint density at radius 3 is 2.36 bits per heavy atom. The van der Waals surface area contributed by atoms with Crippen molar-refractivity contribution in [2.45, 2.75) is 96.2 Å². The van der Waals surface area contributed by atoms with Gasteiger partial charge in [0, 0.05) is 23.6 Å². The molecule has 1 N–H and O–H groups in total. The summed E-state index contributed by atoms with van der Waals surface area (Å²) < 4.78 is 82.0. The second kappa shape index (κ2) is 13.3. The zero-order chi connectivity index (χ0) is 32.3. The van der Waals surface area contributed by atoms with Crippen LogP contribution in [-0.2, 0) is 31.5 Å². The van der Waals surface area contributed by atoms with Crippen LogP contribution >= 0.6 is 0 Å². The van der Waals surface area contributed by atoms with Crippen molar-refractivity contribution in [1.29, 1.82) is 0 Å². The van der Waals surface area contributed by atoms with E-state index in [1.54, 1.807) is 12.3 Å². The van der Waals surface area contributed by atoms with Gasteiger partial charge in [-0.2, -0.15) is 13.2 Å². The number of aromatic nitrogens is 3. The average Bonchev–Trinajstić information content (AvgIpc) is 2.92. The van der Waals surface area contributed by atoms with E-state index in [1.165, 1.54) is 12.1 Å². The molecule has 44 heavy (non-hydrogen) atoms. The van der Waals surface area contributed by atoms with Gasteiger partial charge in [-0.05, 0) is 76.5 Å². The molecule has 2 heterocycles.